The summed E-state index contributed by atoms with van der Waals surface area (Å²) in [5.74, 6) is 0.829. The van der Waals surface area contributed by atoms with Gasteiger partial charge in [0.15, 0.2) is 0 Å². The van der Waals surface area contributed by atoms with Crippen molar-refractivity contribution in [2.45, 2.75) is 46.1 Å². The highest BCUT2D eigenvalue weighted by Gasteiger charge is 2.15. The van der Waals surface area contributed by atoms with Crippen molar-refractivity contribution < 1.29 is 9.84 Å². The SMILES string of the molecule is CCCCCCOc1ccccc1-c1n[nH]c(C)c1CO. The number of H-pyrrole nitrogens is 1. The molecular formula is C17H24N2O2. The first kappa shape index (κ1) is 15.6. The molecule has 4 nitrogen and oxygen atoms in total. The molecule has 1 heterocycles. The first-order chi connectivity index (χ1) is 10.3. The van der Waals surface area contributed by atoms with E-state index in [2.05, 4.69) is 17.1 Å². The second-order valence-corrected chi connectivity index (χ2v) is 5.24. The Balaban J connectivity index is 2.13. The van der Waals surface area contributed by atoms with Crippen molar-refractivity contribution in [2.24, 2.45) is 0 Å². The van der Waals surface area contributed by atoms with Gasteiger partial charge in [0.1, 0.15) is 11.4 Å². The number of aliphatic hydroxyl groups is 1. The van der Waals surface area contributed by atoms with E-state index in [1.165, 1.54) is 19.3 Å². The Kier molecular flexibility index (Phi) is 5.81. The quantitative estimate of drug-likeness (QED) is 0.726. The number of nitrogens with one attached hydrogen (secondary N) is 1. The normalized spacial score (nSPS) is 10.8. The van der Waals surface area contributed by atoms with Gasteiger partial charge in [-0.25, -0.2) is 0 Å². The van der Waals surface area contributed by atoms with Crippen molar-refractivity contribution in [3.8, 4) is 17.0 Å². The summed E-state index contributed by atoms with van der Waals surface area (Å²) >= 11 is 0. The van der Waals surface area contributed by atoms with Crippen molar-refractivity contribution in [1.29, 1.82) is 0 Å². The fourth-order valence-corrected chi connectivity index (χ4v) is 2.37. The fraction of sp³-hybridized carbons (Fsp3) is 0.471. The molecular weight excluding hydrogens is 264 g/mol. The molecule has 2 N–H and O–H groups in total. The predicted octanol–water partition coefficient (Wildman–Crippen LogP) is 3.84. The predicted molar refractivity (Wildman–Crippen MR) is 84.3 cm³/mol. The van der Waals surface area contributed by atoms with Crippen molar-refractivity contribution in [3.05, 3.63) is 35.5 Å². The molecule has 1 aromatic carbocycles. The van der Waals surface area contributed by atoms with E-state index in [9.17, 15) is 5.11 Å². The molecule has 4 heteroatoms. The Bertz CT molecular complexity index is 564. The van der Waals surface area contributed by atoms with E-state index >= 15 is 0 Å². The molecule has 0 saturated heterocycles. The van der Waals surface area contributed by atoms with Crippen LogP contribution in [0.5, 0.6) is 5.75 Å². The van der Waals surface area contributed by atoms with Gasteiger partial charge in [-0.2, -0.15) is 5.10 Å². The summed E-state index contributed by atoms with van der Waals surface area (Å²) in [6.07, 6.45) is 4.73. The molecule has 0 amide bonds. The largest absolute Gasteiger partial charge is 0.493 e. The van der Waals surface area contributed by atoms with Crippen LogP contribution in [0, 0.1) is 6.92 Å². The van der Waals surface area contributed by atoms with Crippen LogP contribution in [0.4, 0.5) is 0 Å². The maximum Gasteiger partial charge on any atom is 0.128 e. The topological polar surface area (TPSA) is 58.1 Å². The molecule has 114 valence electrons. The zero-order valence-electron chi connectivity index (χ0n) is 12.9. The molecule has 0 aliphatic heterocycles. The van der Waals surface area contributed by atoms with E-state index in [4.69, 9.17) is 4.74 Å². The number of unbranched alkanes of at least 4 members (excludes halogenated alkanes) is 3. The van der Waals surface area contributed by atoms with Gasteiger partial charge in [-0.15, -0.1) is 0 Å². The minimum absolute atomic E-state index is 0.0253. The van der Waals surface area contributed by atoms with Gasteiger partial charge < -0.3 is 9.84 Å². The second kappa shape index (κ2) is 7.84. The summed E-state index contributed by atoms with van der Waals surface area (Å²) in [4.78, 5) is 0. The standard InChI is InChI=1S/C17H24N2O2/c1-3-4-5-8-11-21-16-10-7-6-9-14(16)17-15(12-20)13(2)18-19-17/h6-7,9-10,20H,3-5,8,11-12H2,1-2H3,(H,18,19). The minimum atomic E-state index is -0.0253. The molecule has 0 unspecified atom stereocenters. The molecule has 0 bridgehead atoms. The van der Waals surface area contributed by atoms with Gasteiger partial charge in [-0.3, -0.25) is 5.10 Å². The van der Waals surface area contributed by atoms with E-state index < -0.39 is 0 Å². The third-order valence-corrected chi connectivity index (χ3v) is 3.63. The van der Waals surface area contributed by atoms with E-state index in [1.807, 2.05) is 31.2 Å². The Morgan fingerprint density at radius 2 is 2.00 bits per heavy atom. The number of aliphatic hydroxyl groups excluding tert-OH is 1. The van der Waals surface area contributed by atoms with Crippen molar-refractivity contribution in [2.75, 3.05) is 6.61 Å². The van der Waals surface area contributed by atoms with Gasteiger partial charge in [0.2, 0.25) is 0 Å². The number of aryl methyl sites for hydroxylation is 1. The zero-order chi connectivity index (χ0) is 15.1. The van der Waals surface area contributed by atoms with E-state index in [0.717, 1.165) is 41.3 Å². The van der Waals surface area contributed by atoms with Crippen LogP contribution < -0.4 is 4.74 Å². The number of hydrogen-bond acceptors (Lipinski definition) is 3. The third-order valence-electron chi connectivity index (χ3n) is 3.63. The zero-order valence-corrected chi connectivity index (χ0v) is 12.9. The molecule has 0 spiro atoms. The van der Waals surface area contributed by atoms with Crippen molar-refractivity contribution in [3.63, 3.8) is 0 Å². The highest BCUT2D eigenvalue weighted by molar-refractivity contribution is 5.70. The Morgan fingerprint density at radius 1 is 1.19 bits per heavy atom. The molecule has 0 aliphatic carbocycles. The molecule has 0 aliphatic rings. The molecule has 0 radical (unpaired) electrons. The molecule has 21 heavy (non-hydrogen) atoms. The minimum Gasteiger partial charge on any atom is -0.493 e. The lowest BCUT2D eigenvalue weighted by Gasteiger charge is -2.11. The number of nitrogens with zero attached hydrogens (tertiary/aromatic N) is 1. The van der Waals surface area contributed by atoms with Gasteiger partial charge in [0, 0.05) is 16.8 Å². The maximum atomic E-state index is 9.51. The Hall–Kier alpha value is -1.81. The van der Waals surface area contributed by atoms with Crippen molar-refractivity contribution >= 4 is 0 Å². The summed E-state index contributed by atoms with van der Waals surface area (Å²) in [5.41, 5.74) is 3.43. The molecule has 2 aromatic rings. The summed E-state index contributed by atoms with van der Waals surface area (Å²) in [7, 11) is 0. The van der Waals surface area contributed by atoms with E-state index in [0.29, 0.717) is 0 Å². The van der Waals surface area contributed by atoms with Crippen LogP contribution in [-0.4, -0.2) is 21.9 Å². The van der Waals surface area contributed by atoms with Crippen LogP contribution in [0.3, 0.4) is 0 Å². The molecule has 0 saturated carbocycles. The van der Waals surface area contributed by atoms with Crippen LogP contribution in [0.2, 0.25) is 0 Å². The molecule has 0 fully saturated rings. The van der Waals surface area contributed by atoms with Gasteiger partial charge in [-0.1, -0.05) is 38.3 Å². The maximum absolute atomic E-state index is 9.51. The summed E-state index contributed by atoms with van der Waals surface area (Å²) in [6, 6.07) is 7.87. The second-order valence-electron chi connectivity index (χ2n) is 5.24. The number of ether oxygens (including phenoxy) is 1. The van der Waals surface area contributed by atoms with E-state index in [-0.39, 0.29) is 6.61 Å². The smallest absolute Gasteiger partial charge is 0.128 e. The highest BCUT2D eigenvalue weighted by Crippen LogP contribution is 2.32. The summed E-state index contributed by atoms with van der Waals surface area (Å²) in [6.45, 7) is 4.81. The van der Waals surface area contributed by atoms with Crippen molar-refractivity contribution in [1.82, 2.24) is 10.2 Å². The fourth-order valence-electron chi connectivity index (χ4n) is 2.37. The molecule has 1 aromatic heterocycles. The number of hydrogen-bond donors (Lipinski definition) is 2. The summed E-state index contributed by atoms with van der Waals surface area (Å²) in [5, 5.41) is 16.8. The van der Waals surface area contributed by atoms with Crippen LogP contribution in [-0.2, 0) is 6.61 Å². The first-order valence-corrected chi connectivity index (χ1v) is 7.64. The van der Waals surface area contributed by atoms with Gasteiger partial charge in [0.25, 0.3) is 0 Å². The summed E-state index contributed by atoms with van der Waals surface area (Å²) < 4.78 is 5.91. The lowest BCUT2D eigenvalue weighted by molar-refractivity contribution is 0.281. The van der Waals surface area contributed by atoms with E-state index in [1.54, 1.807) is 0 Å². The average Bonchev–Trinajstić information content (AvgIpc) is 2.88. The highest BCUT2D eigenvalue weighted by atomic mass is 16.5. The van der Waals surface area contributed by atoms with Crippen LogP contribution in [0.15, 0.2) is 24.3 Å². The number of benzene rings is 1. The Labute approximate surface area is 126 Å². The monoisotopic (exact) mass is 288 g/mol. The van der Waals surface area contributed by atoms with Crippen LogP contribution >= 0.6 is 0 Å². The first-order valence-electron chi connectivity index (χ1n) is 7.64. The van der Waals surface area contributed by atoms with Crippen LogP contribution in [0.25, 0.3) is 11.3 Å². The number of para-hydroxylation sites is 1. The lowest BCUT2D eigenvalue weighted by atomic mass is 10.1. The van der Waals surface area contributed by atoms with Gasteiger partial charge >= 0.3 is 0 Å². The number of aromatic amines is 1. The van der Waals surface area contributed by atoms with Gasteiger partial charge in [-0.05, 0) is 25.5 Å². The number of rotatable bonds is 8. The average molecular weight is 288 g/mol. The lowest BCUT2D eigenvalue weighted by Crippen LogP contribution is -1.99. The number of aromatic nitrogens is 2. The molecule has 2 rings (SSSR count). The Morgan fingerprint density at radius 3 is 2.76 bits per heavy atom. The van der Waals surface area contributed by atoms with Crippen LogP contribution in [0.1, 0.15) is 43.9 Å². The van der Waals surface area contributed by atoms with Gasteiger partial charge in [0.05, 0.1) is 13.2 Å². The molecule has 0 atom stereocenters. The third kappa shape index (κ3) is 3.85.